The summed E-state index contributed by atoms with van der Waals surface area (Å²) in [7, 11) is 0. The minimum Gasteiger partial charge on any atom is -0.330 e. The van der Waals surface area contributed by atoms with Crippen molar-refractivity contribution in [3.8, 4) is 0 Å². The number of nitrogens with zero attached hydrogens (tertiary/aromatic N) is 3. The van der Waals surface area contributed by atoms with Gasteiger partial charge in [0.1, 0.15) is 0 Å². The van der Waals surface area contributed by atoms with Gasteiger partial charge in [0, 0.05) is 11.8 Å². The second-order valence-corrected chi connectivity index (χ2v) is 5.46. The van der Waals surface area contributed by atoms with E-state index in [1.807, 2.05) is 22.7 Å². The topological polar surface area (TPSA) is 56.2 Å². The van der Waals surface area contributed by atoms with Gasteiger partial charge < -0.3 is 5.73 Å². The molecule has 5 heteroatoms. The molecule has 20 heavy (non-hydrogen) atoms. The van der Waals surface area contributed by atoms with Crippen LogP contribution in [0, 0.1) is 6.92 Å². The van der Waals surface area contributed by atoms with Crippen molar-refractivity contribution in [1.29, 1.82) is 0 Å². The highest BCUT2D eigenvalue weighted by molar-refractivity contribution is 7.15. The maximum atomic E-state index is 5.60. The number of thiazole rings is 1. The molecule has 3 rings (SSSR count). The van der Waals surface area contributed by atoms with E-state index in [9.17, 15) is 0 Å². The van der Waals surface area contributed by atoms with E-state index in [0.29, 0.717) is 6.54 Å². The fraction of sp³-hybridized carbons (Fsp3) is 0.200. The van der Waals surface area contributed by atoms with Gasteiger partial charge in [-0.25, -0.2) is 4.52 Å². The molecule has 102 valence electrons. The van der Waals surface area contributed by atoms with Gasteiger partial charge in [-0.3, -0.25) is 0 Å². The van der Waals surface area contributed by atoms with Crippen molar-refractivity contribution >= 4 is 28.4 Å². The molecule has 4 nitrogen and oxygen atoms in total. The molecule has 0 radical (unpaired) electrons. The number of nitrogens with two attached hydrogens (primary N) is 1. The van der Waals surface area contributed by atoms with Crippen LogP contribution >= 0.6 is 11.3 Å². The molecule has 3 aromatic rings. The van der Waals surface area contributed by atoms with Gasteiger partial charge in [0.05, 0.1) is 5.69 Å². The fourth-order valence-electron chi connectivity index (χ4n) is 2.07. The Morgan fingerprint density at radius 1 is 1.30 bits per heavy atom. The number of hydrogen-bond donors (Lipinski definition) is 1. The Morgan fingerprint density at radius 3 is 2.95 bits per heavy atom. The highest BCUT2D eigenvalue weighted by Gasteiger charge is 2.07. The summed E-state index contributed by atoms with van der Waals surface area (Å²) in [5.74, 6) is 0.735. The highest BCUT2D eigenvalue weighted by Crippen LogP contribution is 2.16. The van der Waals surface area contributed by atoms with E-state index >= 15 is 0 Å². The van der Waals surface area contributed by atoms with Crippen LogP contribution in [0.5, 0.6) is 0 Å². The lowest BCUT2D eigenvalue weighted by atomic mass is 10.1. The molecular formula is C15H16N4S. The van der Waals surface area contributed by atoms with Gasteiger partial charge in [-0.1, -0.05) is 30.3 Å². The second kappa shape index (κ2) is 5.56. The Kier molecular flexibility index (Phi) is 3.62. The number of aromatic nitrogens is 3. The summed E-state index contributed by atoms with van der Waals surface area (Å²) >= 11 is 1.60. The molecular weight excluding hydrogens is 268 g/mol. The average molecular weight is 284 g/mol. The molecule has 0 aliphatic rings. The van der Waals surface area contributed by atoms with E-state index in [1.165, 1.54) is 11.1 Å². The van der Waals surface area contributed by atoms with E-state index in [2.05, 4.69) is 40.6 Å². The van der Waals surface area contributed by atoms with Gasteiger partial charge in [-0.2, -0.15) is 4.98 Å². The quantitative estimate of drug-likeness (QED) is 0.801. The Balaban J connectivity index is 1.89. The van der Waals surface area contributed by atoms with Crippen LogP contribution < -0.4 is 5.73 Å². The van der Waals surface area contributed by atoms with Crippen LogP contribution in [0.4, 0.5) is 0 Å². The van der Waals surface area contributed by atoms with Gasteiger partial charge in [0.2, 0.25) is 4.96 Å². The third-order valence-corrected chi connectivity index (χ3v) is 4.03. The van der Waals surface area contributed by atoms with Crippen molar-refractivity contribution in [3.05, 3.63) is 52.3 Å². The molecule has 0 bridgehead atoms. The predicted octanol–water partition coefficient (Wildman–Crippen LogP) is 2.77. The summed E-state index contributed by atoms with van der Waals surface area (Å²) in [6.45, 7) is 2.72. The number of fused-ring (bicyclic) bond motifs is 1. The zero-order valence-electron chi connectivity index (χ0n) is 11.3. The van der Waals surface area contributed by atoms with Gasteiger partial charge in [0.25, 0.3) is 0 Å². The first kappa shape index (κ1) is 13.0. The van der Waals surface area contributed by atoms with Crippen molar-refractivity contribution in [2.24, 2.45) is 5.73 Å². The normalized spacial score (nSPS) is 11.7. The Bertz CT molecular complexity index is 754. The number of hydrogen-bond acceptors (Lipinski definition) is 4. The van der Waals surface area contributed by atoms with E-state index in [-0.39, 0.29) is 0 Å². The first-order chi connectivity index (χ1) is 9.78. The molecule has 2 aromatic heterocycles. The zero-order valence-corrected chi connectivity index (χ0v) is 12.1. The standard InChI is InChI=1S/C15H16N4S/c1-11-4-2-3-5-12(11)6-7-14-17-15-19(18-14)13(8-9-16)10-20-15/h2-7,10H,8-9,16H2,1H3. The first-order valence-corrected chi connectivity index (χ1v) is 7.43. The molecule has 0 aliphatic carbocycles. The predicted molar refractivity (Wildman–Crippen MR) is 83.7 cm³/mol. The molecule has 0 saturated heterocycles. The van der Waals surface area contributed by atoms with E-state index < -0.39 is 0 Å². The van der Waals surface area contributed by atoms with Crippen LogP contribution in [0.2, 0.25) is 0 Å². The smallest absolute Gasteiger partial charge is 0.212 e. The van der Waals surface area contributed by atoms with Crippen LogP contribution in [0.15, 0.2) is 29.6 Å². The monoisotopic (exact) mass is 284 g/mol. The van der Waals surface area contributed by atoms with Crippen molar-refractivity contribution in [2.45, 2.75) is 13.3 Å². The molecule has 2 N–H and O–H groups in total. The summed E-state index contributed by atoms with van der Waals surface area (Å²) in [5.41, 5.74) is 9.15. The lowest BCUT2D eigenvalue weighted by Crippen LogP contribution is -2.05. The van der Waals surface area contributed by atoms with Crippen molar-refractivity contribution in [2.75, 3.05) is 6.54 Å². The zero-order chi connectivity index (χ0) is 13.9. The van der Waals surface area contributed by atoms with Crippen LogP contribution in [0.3, 0.4) is 0 Å². The molecule has 2 heterocycles. The molecule has 0 atom stereocenters. The molecule has 1 aromatic carbocycles. The number of benzene rings is 1. The summed E-state index contributed by atoms with van der Waals surface area (Å²) in [6, 6.07) is 8.25. The van der Waals surface area contributed by atoms with Crippen LogP contribution in [0.1, 0.15) is 22.6 Å². The number of aryl methyl sites for hydroxylation is 1. The van der Waals surface area contributed by atoms with Gasteiger partial charge in [-0.15, -0.1) is 16.4 Å². The molecule has 0 fully saturated rings. The van der Waals surface area contributed by atoms with E-state index in [1.54, 1.807) is 11.3 Å². The Labute approximate surface area is 121 Å². The van der Waals surface area contributed by atoms with Crippen LogP contribution in [-0.4, -0.2) is 21.1 Å². The van der Waals surface area contributed by atoms with E-state index in [4.69, 9.17) is 5.73 Å². The van der Waals surface area contributed by atoms with Crippen molar-refractivity contribution in [1.82, 2.24) is 14.6 Å². The Hall–Kier alpha value is -1.98. The third-order valence-electron chi connectivity index (χ3n) is 3.17. The lowest BCUT2D eigenvalue weighted by Gasteiger charge is -1.97. The third kappa shape index (κ3) is 2.50. The van der Waals surface area contributed by atoms with Gasteiger partial charge in [-0.05, 0) is 30.7 Å². The van der Waals surface area contributed by atoms with Gasteiger partial charge >= 0.3 is 0 Å². The first-order valence-electron chi connectivity index (χ1n) is 6.55. The number of rotatable bonds is 4. The fourth-order valence-corrected chi connectivity index (χ4v) is 2.93. The molecule has 0 aliphatic heterocycles. The summed E-state index contributed by atoms with van der Waals surface area (Å²) in [6.07, 6.45) is 4.83. The average Bonchev–Trinajstić information content (AvgIpc) is 3.00. The molecule has 0 unspecified atom stereocenters. The summed E-state index contributed by atoms with van der Waals surface area (Å²) in [4.78, 5) is 5.42. The largest absolute Gasteiger partial charge is 0.330 e. The highest BCUT2D eigenvalue weighted by atomic mass is 32.1. The molecule has 0 saturated carbocycles. The molecule has 0 spiro atoms. The minimum atomic E-state index is 0.625. The van der Waals surface area contributed by atoms with Crippen LogP contribution in [0.25, 0.3) is 17.1 Å². The maximum absolute atomic E-state index is 5.60. The minimum absolute atomic E-state index is 0.625. The Morgan fingerprint density at radius 2 is 2.15 bits per heavy atom. The van der Waals surface area contributed by atoms with Crippen molar-refractivity contribution < 1.29 is 0 Å². The van der Waals surface area contributed by atoms with Crippen LogP contribution in [-0.2, 0) is 6.42 Å². The SMILES string of the molecule is Cc1ccccc1C=Cc1nc2scc(CCN)n2n1. The lowest BCUT2D eigenvalue weighted by molar-refractivity contribution is 0.839. The summed E-state index contributed by atoms with van der Waals surface area (Å²) < 4.78 is 1.88. The van der Waals surface area contributed by atoms with Gasteiger partial charge in [0.15, 0.2) is 5.82 Å². The maximum Gasteiger partial charge on any atom is 0.212 e. The van der Waals surface area contributed by atoms with Crippen molar-refractivity contribution in [3.63, 3.8) is 0 Å². The summed E-state index contributed by atoms with van der Waals surface area (Å²) in [5, 5.41) is 6.58. The molecule has 0 amide bonds. The van der Waals surface area contributed by atoms with E-state index in [0.717, 1.165) is 22.9 Å². The second-order valence-electron chi connectivity index (χ2n) is 4.62.